The van der Waals surface area contributed by atoms with Crippen LogP contribution < -0.4 is 4.90 Å². The molecule has 6 rings (SSSR count). The summed E-state index contributed by atoms with van der Waals surface area (Å²) in [5.74, 6) is -2.14. The molecule has 0 N–H and O–H groups in total. The van der Waals surface area contributed by atoms with Gasteiger partial charge in [-0.05, 0) is 54.8 Å². The lowest BCUT2D eigenvalue weighted by molar-refractivity contribution is -0.123. The van der Waals surface area contributed by atoms with Crippen LogP contribution in [0.1, 0.15) is 38.9 Å². The van der Waals surface area contributed by atoms with Crippen molar-refractivity contribution in [3.05, 3.63) is 95.1 Å². The van der Waals surface area contributed by atoms with Crippen LogP contribution in [0.4, 0.5) is 5.69 Å². The number of ketones is 1. The van der Waals surface area contributed by atoms with Crippen LogP contribution in [0.25, 0.3) is 6.08 Å². The number of anilines is 1. The predicted molar refractivity (Wildman–Crippen MR) is 122 cm³/mol. The summed E-state index contributed by atoms with van der Waals surface area (Å²) in [5.41, 5.74) is 4.44. The first-order valence-corrected chi connectivity index (χ1v) is 11.0. The van der Waals surface area contributed by atoms with E-state index in [1.165, 1.54) is 11.2 Å². The molecule has 3 aliphatic rings. The summed E-state index contributed by atoms with van der Waals surface area (Å²) in [7, 11) is 0. The Kier molecular flexibility index (Phi) is 4.21. The summed E-state index contributed by atoms with van der Waals surface area (Å²) in [4.78, 5) is 44.5. The highest BCUT2D eigenvalue weighted by Crippen LogP contribution is 2.53. The van der Waals surface area contributed by atoms with Crippen LogP contribution in [-0.4, -0.2) is 28.5 Å². The molecule has 6 nitrogen and oxygen atoms in total. The van der Waals surface area contributed by atoms with Crippen LogP contribution >= 0.6 is 0 Å². The summed E-state index contributed by atoms with van der Waals surface area (Å²) in [6.45, 7) is 3.87. The van der Waals surface area contributed by atoms with Crippen LogP contribution in [0.5, 0.6) is 0 Å². The second-order valence-electron chi connectivity index (χ2n) is 8.98. The second-order valence-corrected chi connectivity index (χ2v) is 8.98. The van der Waals surface area contributed by atoms with Crippen LogP contribution in [0.15, 0.2) is 71.5 Å². The minimum atomic E-state index is -0.817. The highest BCUT2D eigenvalue weighted by molar-refractivity contribution is 6.24. The Morgan fingerprint density at radius 2 is 1.73 bits per heavy atom. The number of rotatable bonds is 3. The average Bonchev–Trinajstić information content (AvgIpc) is 3.51. The summed E-state index contributed by atoms with van der Waals surface area (Å²) < 4.78 is 5.40. The molecule has 6 heteroatoms. The van der Waals surface area contributed by atoms with E-state index < -0.39 is 23.9 Å². The molecule has 4 atom stereocenters. The van der Waals surface area contributed by atoms with E-state index in [1.54, 1.807) is 12.1 Å². The van der Waals surface area contributed by atoms with Gasteiger partial charge in [-0.25, -0.2) is 4.90 Å². The highest BCUT2D eigenvalue weighted by atomic mass is 16.3. The standard InChI is InChI=1S/C27H22N2O4/c1-15-9-10-19(16(2)14-15)29-26(31)21-22(27(29)32)24(25(30)20-8-5-13-33-20)28-12-11-17-6-3-4-7-18(17)23(21)28/h3-14,21-24H,1-2H3/t21-,22+,23+,24-/m0/s1. The van der Waals surface area contributed by atoms with E-state index >= 15 is 0 Å². The molecule has 0 unspecified atom stereocenters. The minimum absolute atomic E-state index is 0.192. The fourth-order valence-electron chi connectivity index (χ4n) is 5.72. The Morgan fingerprint density at radius 1 is 0.939 bits per heavy atom. The number of nitrogens with zero attached hydrogens (tertiary/aromatic N) is 2. The first kappa shape index (κ1) is 19.7. The fourth-order valence-corrected chi connectivity index (χ4v) is 5.72. The van der Waals surface area contributed by atoms with Gasteiger partial charge in [-0.15, -0.1) is 0 Å². The van der Waals surface area contributed by atoms with E-state index in [0.29, 0.717) is 5.69 Å². The van der Waals surface area contributed by atoms with Crippen molar-refractivity contribution < 1.29 is 18.8 Å². The number of aryl methyl sites for hydroxylation is 2. The third-order valence-corrected chi connectivity index (χ3v) is 7.09. The van der Waals surface area contributed by atoms with Gasteiger partial charge in [0.05, 0.1) is 29.8 Å². The maximum atomic E-state index is 13.9. The lowest BCUT2D eigenvalue weighted by Crippen LogP contribution is -2.44. The van der Waals surface area contributed by atoms with Gasteiger partial charge in [0, 0.05) is 6.20 Å². The van der Waals surface area contributed by atoms with Crippen molar-refractivity contribution >= 4 is 29.4 Å². The number of furan rings is 1. The van der Waals surface area contributed by atoms with Crippen LogP contribution in [0.2, 0.25) is 0 Å². The van der Waals surface area contributed by atoms with Crippen LogP contribution in [0.3, 0.4) is 0 Å². The molecule has 2 aromatic carbocycles. The van der Waals surface area contributed by atoms with E-state index in [0.717, 1.165) is 22.3 Å². The average molecular weight is 438 g/mol. The van der Waals surface area contributed by atoms with E-state index in [-0.39, 0.29) is 23.4 Å². The van der Waals surface area contributed by atoms with Gasteiger partial charge in [-0.2, -0.15) is 0 Å². The number of imide groups is 1. The van der Waals surface area contributed by atoms with Crippen molar-refractivity contribution in [2.75, 3.05) is 4.90 Å². The summed E-state index contributed by atoms with van der Waals surface area (Å²) in [6, 6.07) is 15.6. The molecule has 0 radical (unpaired) electrons. The molecule has 3 aromatic rings. The number of carbonyl (C=O) groups excluding carboxylic acids is 3. The summed E-state index contributed by atoms with van der Waals surface area (Å²) >= 11 is 0. The lowest BCUT2D eigenvalue weighted by atomic mass is 9.84. The van der Waals surface area contributed by atoms with Gasteiger partial charge in [0.25, 0.3) is 0 Å². The Morgan fingerprint density at radius 3 is 2.48 bits per heavy atom. The molecule has 0 saturated carbocycles. The zero-order chi connectivity index (χ0) is 22.9. The van der Waals surface area contributed by atoms with E-state index in [2.05, 4.69) is 0 Å². The Hall–Kier alpha value is -3.93. The summed E-state index contributed by atoms with van der Waals surface area (Å²) in [5, 5.41) is 0. The fraction of sp³-hybridized carbons (Fsp3) is 0.222. The third kappa shape index (κ3) is 2.70. The number of carbonyl (C=O) groups is 3. The third-order valence-electron chi connectivity index (χ3n) is 7.09. The second kappa shape index (κ2) is 7.04. The molecule has 1 aromatic heterocycles. The zero-order valence-corrected chi connectivity index (χ0v) is 18.3. The molecule has 2 fully saturated rings. The molecule has 164 valence electrons. The Bertz CT molecular complexity index is 1340. The summed E-state index contributed by atoms with van der Waals surface area (Å²) in [6.07, 6.45) is 5.23. The molecule has 4 heterocycles. The van der Waals surface area contributed by atoms with Gasteiger partial charge in [0.1, 0.15) is 6.04 Å². The quantitative estimate of drug-likeness (QED) is 0.451. The number of amides is 2. The Labute approximate surface area is 191 Å². The van der Waals surface area contributed by atoms with E-state index in [1.807, 2.05) is 73.5 Å². The number of fused-ring (bicyclic) bond motifs is 5. The number of benzene rings is 2. The normalized spacial score (nSPS) is 25.3. The largest absolute Gasteiger partial charge is 0.461 e. The van der Waals surface area contributed by atoms with E-state index in [9.17, 15) is 14.4 Å². The Balaban J connectivity index is 1.51. The van der Waals surface area contributed by atoms with Crippen molar-refractivity contribution in [3.63, 3.8) is 0 Å². The van der Waals surface area contributed by atoms with Gasteiger partial charge in [-0.3, -0.25) is 14.4 Å². The van der Waals surface area contributed by atoms with Crippen molar-refractivity contribution in [3.8, 4) is 0 Å². The molecule has 3 aliphatic heterocycles. The highest BCUT2D eigenvalue weighted by Gasteiger charge is 2.64. The van der Waals surface area contributed by atoms with Gasteiger partial charge in [-0.1, -0.05) is 42.0 Å². The van der Waals surface area contributed by atoms with Gasteiger partial charge >= 0.3 is 0 Å². The minimum Gasteiger partial charge on any atom is -0.461 e. The topological polar surface area (TPSA) is 70.8 Å². The molecular formula is C27H22N2O4. The number of Topliss-reactive ketones (excluding diaryl/α,β-unsaturated/α-hetero) is 1. The first-order chi connectivity index (χ1) is 16.0. The first-order valence-electron chi connectivity index (χ1n) is 11.0. The molecule has 33 heavy (non-hydrogen) atoms. The number of hydrogen-bond acceptors (Lipinski definition) is 5. The monoisotopic (exact) mass is 438 g/mol. The van der Waals surface area contributed by atoms with Gasteiger partial charge in [0.2, 0.25) is 17.6 Å². The van der Waals surface area contributed by atoms with Gasteiger partial charge in [0.15, 0.2) is 5.76 Å². The molecule has 0 spiro atoms. The molecule has 0 aliphatic carbocycles. The van der Waals surface area contributed by atoms with Crippen molar-refractivity contribution in [1.29, 1.82) is 0 Å². The maximum absolute atomic E-state index is 13.9. The van der Waals surface area contributed by atoms with Crippen molar-refractivity contribution in [2.24, 2.45) is 11.8 Å². The van der Waals surface area contributed by atoms with Crippen molar-refractivity contribution in [1.82, 2.24) is 4.90 Å². The molecule has 2 amide bonds. The smallest absolute Gasteiger partial charge is 0.240 e. The van der Waals surface area contributed by atoms with E-state index in [4.69, 9.17) is 4.42 Å². The van der Waals surface area contributed by atoms with Gasteiger partial charge < -0.3 is 9.32 Å². The SMILES string of the molecule is Cc1ccc(N2C(=O)[C@@H]3[C@H](C2=O)[C@H]2c4ccccc4C=CN2[C@@H]3C(=O)c2ccco2)c(C)c1. The molecule has 0 bridgehead atoms. The lowest BCUT2D eigenvalue weighted by Gasteiger charge is -2.35. The maximum Gasteiger partial charge on any atom is 0.240 e. The van der Waals surface area contributed by atoms with Crippen LogP contribution in [-0.2, 0) is 9.59 Å². The van der Waals surface area contributed by atoms with Crippen LogP contribution in [0, 0.1) is 25.7 Å². The van der Waals surface area contributed by atoms with Crippen molar-refractivity contribution in [2.45, 2.75) is 25.9 Å². The molecule has 2 saturated heterocycles. The molecular weight excluding hydrogens is 416 g/mol. The number of hydrogen-bond donors (Lipinski definition) is 0. The predicted octanol–water partition coefficient (Wildman–Crippen LogP) is 4.29. The zero-order valence-electron chi connectivity index (χ0n) is 18.3.